The number of aromatic nitrogens is 4. The summed E-state index contributed by atoms with van der Waals surface area (Å²) in [6.07, 6.45) is -2.89. The van der Waals surface area contributed by atoms with E-state index in [1.165, 1.54) is 19.2 Å². The number of hydrogen-bond acceptors (Lipinski definition) is 6. The molecule has 166 valence electrons. The molecule has 0 atom stereocenters. The first-order chi connectivity index (χ1) is 15.4. The fraction of sp³-hybridized carbons (Fsp3) is 0.238. The molecule has 4 aromatic rings. The number of para-hydroxylation sites is 1. The van der Waals surface area contributed by atoms with E-state index in [1.807, 2.05) is 0 Å². The standard InChI is InChI=1S/C21H17ClF2N4O4/c1-31-20(29)8-15-21(30)11-4-2-3-5-16(11)28(27-15)9-19-25-13-6-12(22)17(7-14(13)26-19)32-10-18(23)24/h2-7,18H,8-10H2,1H3,(H,25,26). The first-order valence-electron chi connectivity index (χ1n) is 9.50. The lowest BCUT2D eigenvalue weighted by Gasteiger charge is -2.10. The molecule has 0 radical (unpaired) electrons. The highest BCUT2D eigenvalue weighted by atomic mass is 35.5. The Morgan fingerprint density at radius 3 is 2.81 bits per heavy atom. The number of H-pyrrole nitrogens is 1. The van der Waals surface area contributed by atoms with Crippen LogP contribution in [0.15, 0.2) is 41.2 Å². The second-order valence-corrected chi connectivity index (χ2v) is 7.30. The van der Waals surface area contributed by atoms with E-state index >= 15 is 0 Å². The van der Waals surface area contributed by atoms with Gasteiger partial charge in [0.05, 0.1) is 41.6 Å². The topological polar surface area (TPSA) is 99.1 Å². The van der Waals surface area contributed by atoms with Gasteiger partial charge in [-0.25, -0.2) is 13.8 Å². The molecule has 0 aliphatic rings. The fourth-order valence-electron chi connectivity index (χ4n) is 3.28. The number of esters is 1. The maximum Gasteiger partial charge on any atom is 0.311 e. The van der Waals surface area contributed by atoms with Crippen LogP contribution in [0.2, 0.25) is 5.02 Å². The van der Waals surface area contributed by atoms with Crippen molar-refractivity contribution in [2.24, 2.45) is 0 Å². The van der Waals surface area contributed by atoms with Crippen LogP contribution in [0.5, 0.6) is 5.75 Å². The van der Waals surface area contributed by atoms with Crippen molar-refractivity contribution in [3.05, 3.63) is 63.2 Å². The average Bonchev–Trinajstić information content (AvgIpc) is 3.16. The van der Waals surface area contributed by atoms with Crippen LogP contribution in [-0.2, 0) is 22.5 Å². The molecule has 2 aromatic carbocycles. The second-order valence-electron chi connectivity index (χ2n) is 6.89. The number of aromatic amines is 1. The fourth-order valence-corrected chi connectivity index (χ4v) is 3.50. The Labute approximate surface area is 184 Å². The third-order valence-corrected chi connectivity index (χ3v) is 5.01. The smallest absolute Gasteiger partial charge is 0.311 e. The zero-order valence-corrected chi connectivity index (χ0v) is 17.5. The zero-order chi connectivity index (χ0) is 22.8. The third-order valence-electron chi connectivity index (χ3n) is 4.72. The van der Waals surface area contributed by atoms with Gasteiger partial charge in [-0.05, 0) is 18.2 Å². The Bertz CT molecular complexity index is 1370. The number of ether oxygens (including phenoxy) is 2. The molecule has 2 heterocycles. The van der Waals surface area contributed by atoms with E-state index in [4.69, 9.17) is 16.3 Å². The number of alkyl halides is 2. The number of halogens is 3. The molecule has 0 amide bonds. The lowest BCUT2D eigenvalue weighted by Crippen LogP contribution is -2.23. The number of benzene rings is 2. The van der Waals surface area contributed by atoms with Crippen molar-refractivity contribution in [1.29, 1.82) is 0 Å². The molecule has 8 nitrogen and oxygen atoms in total. The van der Waals surface area contributed by atoms with Crippen molar-refractivity contribution in [2.75, 3.05) is 13.7 Å². The van der Waals surface area contributed by atoms with Crippen LogP contribution in [0.25, 0.3) is 21.9 Å². The molecule has 32 heavy (non-hydrogen) atoms. The Morgan fingerprint density at radius 1 is 1.28 bits per heavy atom. The predicted molar refractivity (Wildman–Crippen MR) is 113 cm³/mol. The number of hydrogen-bond donors (Lipinski definition) is 1. The highest BCUT2D eigenvalue weighted by Gasteiger charge is 2.16. The molecular formula is C21H17ClF2N4O4. The van der Waals surface area contributed by atoms with Crippen molar-refractivity contribution in [3.8, 4) is 5.75 Å². The third kappa shape index (κ3) is 4.40. The number of fused-ring (bicyclic) bond motifs is 2. The largest absolute Gasteiger partial charge is 0.486 e. The first kappa shape index (κ1) is 21.7. The molecular weight excluding hydrogens is 446 g/mol. The molecule has 0 bridgehead atoms. The minimum Gasteiger partial charge on any atom is -0.486 e. The molecule has 0 saturated heterocycles. The molecule has 0 aliphatic heterocycles. The molecule has 0 aliphatic carbocycles. The number of carbonyl (C=O) groups is 1. The normalized spacial score (nSPS) is 11.4. The van der Waals surface area contributed by atoms with Gasteiger partial charge in [-0.2, -0.15) is 5.10 Å². The Hall–Kier alpha value is -3.53. The van der Waals surface area contributed by atoms with Crippen LogP contribution in [0.3, 0.4) is 0 Å². The summed E-state index contributed by atoms with van der Waals surface area (Å²) >= 11 is 6.12. The number of methoxy groups -OCH3 is 1. The first-order valence-corrected chi connectivity index (χ1v) is 9.88. The molecule has 1 N–H and O–H groups in total. The Balaban J connectivity index is 1.73. The summed E-state index contributed by atoms with van der Waals surface area (Å²) in [6.45, 7) is -0.632. The van der Waals surface area contributed by atoms with E-state index < -0.39 is 19.0 Å². The summed E-state index contributed by atoms with van der Waals surface area (Å²) in [4.78, 5) is 32.0. The van der Waals surface area contributed by atoms with Gasteiger partial charge in [0.1, 0.15) is 23.9 Å². The minimum atomic E-state index is -2.63. The second kappa shape index (κ2) is 8.91. The maximum absolute atomic E-state index is 12.7. The van der Waals surface area contributed by atoms with Crippen molar-refractivity contribution < 1.29 is 23.0 Å². The lowest BCUT2D eigenvalue weighted by molar-refractivity contribution is -0.139. The molecule has 0 saturated carbocycles. The van der Waals surface area contributed by atoms with Gasteiger partial charge in [0, 0.05) is 11.5 Å². The van der Waals surface area contributed by atoms with Gasteiger partial charge in [-0.15, -0.1) is 0 Å². The highest BCUT2D eigenvalue weighted by Crippen LogP contribution is 2.29. The molecule has 0 fully saturated rings. The van der Waals surface area contributed by atoms with Gasteiger partial charge in [0.25, 0.3) is 6.43 Å². The van der Waals surface area contributed by atoms with Gasteiger partial charge >= 0.3 is 5.97 Å². The van der Waals surface area contributed by atoms with Crippen molar-refractivity contribution in [1.82, 2.24) is 19.7 Å². The van der Waals surface area contributed by atoms with Crippen molar-refractivity contribution >= 4 is 39.5 Å². The zero-order valence-electron chi connectivity index (χ0n) is 16.8. The van der Waals surface area contributed by atoms with Gasteiger partial charge in [-0.3, -0.25) is 14.3 Å². The number of rotatable bonds is 7. The maximum atomic E-state index is 12.7. The highest BCUT2D eigenvalue weighted by molar-refractivity contribution is 6.32. The van der Waals surface area contributed by atoms with Crippen LogP contribution in [0, 0.1) is 0 Å². The number of nitrogens with zero attached hydrogens (tertiary/aromatic N) is 3. The van der Waals surface area contributed by atoms with E-state index in [0.29, 0.717) is 27.8 Å². The van der Waals surface area contributed by atoms with Crippen LogP contribution < -0.4 is 10.2 Å². The van der Waals surface area contributed by atoms with E-state index in [-0.39, 0.29) is 34.9 Å². The summed E-state index contributed by atoms with van der Waals surface area (Å²) < 4.78 is 36.2. The number of imidazole rings is 1. The molecule has 0 spiro atoms. The molecule has 11 heteroatoms. The summed E-state index contributed by atoms with van der Waals surface area (Å²) in [7, 11) is 1.24. The lowest BCUT2D eigenvalue weighted by atomic mass is 10.1. The van der Waals surface area contributed by atoms with E-state index in [1.54, 1.807) is 28.9 Å². The Kier molecular flexibility index (Phi) is 6.04. The number of nitrogens with one attached hydrogen (secondary N) is 1. The van der Waals surface area contributed by atoms with Crippen LogP contribution in [-0.4, -0.2) is 45.9 Å². The summed E-state index contributed by atoms with van der Waals surface area (Å²) in [5, 5.41) is 4.92. The Morgan fingerprint density at radius 2 is 2.06 bits per heavy atom. The van der Waals surface area contributed by atoms with Gasteiger partial charge in [0.2, 0.25) is 5.43 Å². The van der Waals surface area contributed by atoms with Crippen LogP contribution in [0.1, 0.15) is 11.5 Å². The average molecular weight is 463 g/mol. The summed E-state index contributed by atoms with van der Waals surface area (Å²) in [5.41, 5.74) is 1.31. The minimum absolute atomic E-state index is 0.0531. The summed E-state index contributed by atoms with van der Waals surface area (Å²) in [6, 6.07) is 9.89. The van der Waals surface area contributed by atoms with Crippen molar-refractivity contribution in [3.63, 3.8) is 0 Å². The van der Waals surface area contributed by atoms with Crippen LogP contribution >= 0.6 is 11.6 Å². The quantitative estimate of drug-likeness (QED) is 0.423. The van der Waals surface area contributed by atoms with Gasteiger partial charge in [0.15, 0.2) is 0 Å². The van der Waals surface area contributed by atoms with Gasteiger partial charge in [-0.1, -0.05) is 23.7 Å². The number of carbonyl (C=O) groups excluding carboxylic acids is 1. The van der Waals surface area contributed by atoms with Crippen molar-refractivity contribution in [2.45, 2.75) is 19.4 Å². The molecule has 0 unspecified atom stereocenters. The van der Waals surface area contributed by atoms with Crippen LogP contribution in [0.4, 0.5) is 8.78 Å². The van der Waals surface area contributed by atoms with E-state index in [0.717, 1.165) is 0 Å². The summed E-state index contributed by atoms with van der Waals surface area (Å²) in [5.74, 6) is 0.00310. The predicted octanol–water partition coefficient (Wildman–Crippen LogP) is 3.33. The molecule has 4 rings (SSSR count). The molecule has 2 aromatic heterocycles. The SMILES string of the molecule is COC(=O)Cc1nn(Cc2nc3cc(OCC(F)F)c(Cl)cc3[nH]2)c2ccccc2c1=O. The monoisotopic (exact) mass is 462 g/mol. The van der Waals surface area contributed by atoms with Gasteiger partial charge < -0.3 is 14.5 Å². The van der Waals surface area contributed by atoms with E-state index in [2.05, 4.69) is 19.8 Å². The van der Waals surface area contributed by atoms with E-state index in [9.17, 15) is 18.4 Å².